The lowest BCUT2D eigenvalue weighted by Gasteiger charge is -2.35. The molecule has 2 aliphatic heterocycles. The normalized spacial score (nSPS) is 24.4. The topological polar surface area (TPSA) is 67.9 Å². The lowest BCUT2D eigenvalue weighted by molar-refractivity contribution is -0.139. The van der Waals surface area contributed by atoms with E-state index in [0.717, 1.165) is 11.3 Å². The maximum Gasteiger partial charge on any atom is 0.354 e. The molecule has 1 fully saturated rings. The summed E-state index contributed by atoms with van der Waals surface area (Å²) in [6.07, 6.45) is 10.0. The number of carbonyl (C=O) groups excluding carboxylic acids is 2. The van der Waals surface area contributed by atoms with Gasteiger partial charge in [0.15, 0.2) is 5.78 Å². The number of ether oxygens (including phenoxy) is 2. The minimum Gasteiger partial charge on any atom is -0.497 e. The summed E-state index contributed by atoms with van der Waals surface area (Å²) < 4.78 is 10.5. The van der Waals surface area contributed by atoms with Crippen LogP contribution in [-0.2, 0) is 9.53 Å². The molecule has 3 aliphatic rings. The summed E-state index contributed by atoms with van der Waals surface area (Å²) in [6.45, 7) is 3.13. The lowest BCUT2D eigenvalue weighted by atomic mass is 9.65. The molecule has 1 saturated heterocycles. The molecule has 2 heterocycles. The Kier molecular flexibility index (Phi) is 5.24. The van der Waals surface area contributed by atoms with Gasteiger partial charge in [-0.1, -0.05) is 18.2 Å². The molecule has 1 aliphatic carbocycles. The highest BCUT2D eigenvalue weighted by molar-refractivity contribution is 6.00. The van der Waals surface area contributed by atoms with Crippen LogP contribution in [-0.4, -0.2) is 50.5 Å². The van der Waals surface area contributed by atoms with Crippen LogP contribution in [0, 0.1) is 11.3 Å². The SMILES string of the molecule is CCOC(=O)C1=CC23C(=CCN1)C=CC=C2N(C)CC3C(=O)c1ccc(OC)cc1. The van der Waals surface area contributed by atoms with Gasteiger partial charge in [0.25, 0.3) is 0 Å². The molecule has 1 aromatic rings. The maximum absolute atomic E-state index is 13.7. The number of likely N-dealkylation sites (tertiary alicyclic amines) is 1. The van der Waals surface area contributed by atoms with Crippen molar-refractivity contribution in [3.8, 4) is 5.75 Å². The first kappa shape index (κ1) is 20.0. The quantitative estimate of drug-likeness (QED) is 0.599. The molecule has 0 bridgehead atoms. The van der Waals surface area contributed by atoms with Gasteiger partial charge >= 0.3 is 5.97 Å². The Morgan fingerprint density at radius 3 is 2.73 bits per heavy atom. The number of rotatable bonds is 5. The number of benzene rings is 1. The number of carbonyl (C=O) groups is 2. The molecule has 1 N–H and O–H groups in total. The van der Waals surface area contributed by atoms with E-state index in [-0.39, 0.29) is 11.7 Å². The summed E-state index contributed by atoms with van der Waals surface area (Å²) >= 11 is 0. The van der Waals surface area contributed by atoms with Crippen molar-refractivity contribution >= 4 is 11.8 Å². The fourth-order valence-corrected chi connectivity index (χ4v) is 4.64. The van der Waals surface area contributed by atoms with E-state index in [1.54, 1.807) is 38.3 Å². The first-order valence-electron chi connectivity index (χ1n) is 10.1. The van der Waals surface area contributed by atoms with Crippen molar-refractivity contribution in [1.29, 1.82) is 0 Å². The Hall–Kier alpha value is -3.28. The standard InChI is InChI=1S/C24H26N2O4/c1-4-30-23(28)20-14-24-17(12-13-25-20)6-5-7-21(24)26(2)15-19(24)22(27)16-8-10-18(29-3)11-9-16/h5-12,14,19,25H,4,13,15H2,1-3H3. The number of ketones is 1. The molecule has 156 valence electrons. The van der Waals surface area contributed by atoms with Gasteiger partial charge in [-0.25, -0.2) is 4.79 Å². The highest BCUT2D eigenvalue weighted by Gasteiger charge is 2.54. The summed E-state index contributed by atoms with van der Waals surface area (Å²) in [5.41, 5.74) is 2.33. The molecule has 2 atom stereocenters. The molecule has 4 rings (SSSR count). The zero-order chi connectivity index (χ0) is 21.3. The fraction of sp³-hybridized carbons (Fsp3) is 0.333. The van der Waals surface area contributed by atoms with Crippen LogP contribution in [0.1, 0.15) is 17.3 Å². The number of allylic oxidation sites excluding steroid dienone is 4. The number of nitrogens with zero attached hydrogens (tertiary/aromatic N) is 1. The van der Waals surface area contributed by atoms with Crippen molar-refractivity contribution in [1.82, 2.24) is 10.2 Å². The highest BCUT2D eigenvalue weighted by atomic mass is 16.5. The molecule has 6 heteroatoms. The van der Waals surface area contributed by atoms with Gasteiger partial charge in [-0.2, -0.15) is 0 Å². The molecule has 0 amide bonds. The zero-order valence-corrected chi connectivity index (χ0v) is 17.5. The van der Waals surface area contributed by atoms with Gasteiger partial charge < -0.3 is 19.7 Å². The predicted molar refractivity (Wildman–Crippen MR) is 114 cm³/mol. The molecule has 2 unspecified atom stereocenters. The molecule has 1 spiro atoms. The van der Waals surface area contributed by atoms with Gasteiger partial charge in [-0.15, -0.1) is 0 Å². The van der Waals surface area contributed by atoms with Crippen molar-refractivity contribution in [3.05, 3.63) is 77.2 Å². The van der Waals surface area contributed by atoms with E-state index in [1.807, 2.05) is 31.4 Å². The fourth-order valence-electron chi connectivity index (χ4n) is 4.64. The average Bonchev–Trinajstić information content (AvgIpc) is 2.92. The molecule has 0 aromatic heterocycles. The molecule has 30 heavy (non-hydrogen) atoms. The summed E-state index contributed by atoms with van der Waals surface area (Å²) in [7, 11) is 3.59. The Balaban J connectivity index is 1.83. The number of methoxy groups -OCH3 is 1. The van der Waals surface area contributed by atoms with Gasteiger partial charge in [0.05, 0.1) is 25.0 Å². The largest absolute Gasteiger partial charge is 0.497 e. The van der Waals surface area contributed by atoms with Crippen molar-refractivity contribution in [2.75, 3.05) is 33.9 Å². The predicted octanol–water partition coefficient (Wildman–Crippen LogP) is 2.86. The van der Waals surface area contributed by atoms with Crippen molar-refractivity contribution in [2.45, 2.75) is 6.92 Å². The van der Waals surface area contributed by atoms with Gasteiger partial charge in [0, 0.05) is 31.4 Å². The van der Waals surface area contributed by atoms with Crippen LogP contribution >= 0.6 is 0 Å². The van der Waals surface area contributed by atoms with Crippen LogP contribution in [0.4, 0.5) is 0 Å². The van der Waals surface area contributed by atoms with Gasteiger partial charge in [0.2, 0.25) is 0 Å². The van der Waals surface area contributed by atoms with E-state index in [9.17, 15) is 9.59 Å². The lowest BCUT2D eigenvalue weighted by Crippen LogP contribution is -2.35. The van der Waals surface area contributed by atoms with E-state index in [0.29, 0.717) is 36.7 Å². The minimum atomic E-state index is -0.716. The molecular weight excluding hydrogens is 380 g/mol. The van der Waals surface area contributed by atoms with E-state index in [2.05, 4.69) is 16.3 Å². The second-order valence-corrected chi connectivity index (χ2v) is 7.62. The second kappa shape index (κ2) is 7.86. The van der Waals surface area contributed by atoms with E-state index >= 15 is 0 Å². The average molecular weight is 406 g/mol. The third-order valence-corrected chi connectivity index (χ3v) is 6.02. The number of esters is 1. The Bertz CT molecular complexity index is 987. The summed E-state index contributed by atoms with van der Waals surface area (Å²) in [5, 5.41) is 3.16. The number of nitrogens with one attached hydrogen (secondary N) is 1. The van der Waals surface area contributed by atoms with Crippen LogP contribution in [0.2, 0.25) is 0 Å². The highest BCUT2D eigenvalue weighted by Crippen LogP contribution is 2.54. The Morgan fingerprint density at radius 1 is 1.27 bits per heavy atom. The molecule has 6 nitrogen and oxygen atoms in total. The summed E-state index contributed by atoms with van der Waals surface area (Å²) in [6, 6.07) is 7.19. The van der Waals surface area contributed by atoms with Crippen LogP contribution in [0.15, 0.2) is 71.6 Å². The maximum atomic E-state index is 13.7. The van der Waals surface area contributed by atoms with Crippen molar-refractivity contribution in [3.63, 3.8) is 0 Å². The van der Waals surface area contributed by atoms with Gasteiger partial charge in [-0.05, 0) is 48.9 Å². The molecular formula is C24H26N2O4. The van der Waals surface area contributed by atoms with Gasteiger partial charge in [-0.3, -0.25) is 4.79 Å². The zero-order valence-electron chi connectivity index (χ0n) is 17.5. The molecule has 0 saturated carbocycles. The van der Waals surface area contributed by atoms with Gasteiger partial charge in [0.1, 0.15) is 11.4 Å². The second-order valence-electron chi connectivity index (χ2n) is 7.62. The van der Waals surface area contributed by atoms with E-state index < -0.39 is 11.4 Å². The van der Waals surface area contributed by atoms with Crippen LogP contribution in [0.25, 0.3) is 0 Å². The minimum absolute atomic E-state index is 0.0375. The first-order valence-corrected chi connectivity index (χ1v) is 10.1. The van der Waals surface area contributed by atoms with E-state index in [1.165, 1.54) is 0 Å². The van der Waals surface area contributed by atoms with Crippen molar-refractivity contribution in [2.24, 2.45) is 11.3 Å². The third-order valence-electron chi connectivity index (χ3n) is 6.02. The Labute approximate surface area is 176 Å². The smallest absolute Gasteiger partial charge is 0.354 e. The Morgan fingerprint density at radius 2 is 2.03 bits per heavy atom. The summed E-state index contributed by atoms with van der Waals surface area (Å²) in [4.78, 5) is 28.4. The molecule has 0 radical (unpaired) electrons. The van der Waals surface area contributed by atoms with Crippen LogP contribution in [0.3, 0.4) is 0 Å². The van der Waals surface area contributed by atoms with Crippen molar-refractivity contribution < 1.29 is 19.1 Å². The summed E-state index contributed by atoms with van der Waals surface area (Å²) in [5.74, 6) is -0.0306. The molecule has 1 aromatic carbocycles. The number of hydrogen-bond donors (Lipinski definition) is 1. The van der Waals surface area contributed by atoms with Crippen LogP contribution in [0.5, 0.6) is 5.75 Å². The van der Waals surface area contributed by atoms with Crippen LogP contribution < -0.4 is 10.1 Å². The number of hydrogen-bond acceptors (Lipinski definition) is 6. The monoisotopic (exact) mass is 406 g/mol. The first-order chi connectivity index (χ1) is 14.5. The van der Waals surface area contributed by atoms with E-state index in [4.69, 9.17) is 9.47 Å². The number of Topliss-reactive ketones (excluding diaryl/α,β-unsaturated/α-hetero) is 1. The third kappa shape index (κ3) is 3.12.